The molecule has 1 aromatic carbocycles. The van der Waals surface area contributed by atoms with Gasteiger partial charge in [-0.25, -0.2) is 0 Å². The van der Waals surface area contributed by atoms with Gasteiger partial charge >= 0.3 is 0 Å². The normalized spacial score (nSPS) is 11.5. The molecule has 102 valence electrons. The lowest BCUT2D eigenvalue weighted by Gasteiger charge is -2.09. The smallest absolute Gasteiger partial charge is 0.0672 e. The van der Waals surface area contributed by atoms with Gasteiger partial charge in [-0.05, 0) is 46.0 Å². The first-order valence-electron chi connectivity index (χ1n) is 6.77. The molecule has 0 aliphatic carbocycles. The summed E-state index contributed by atoms with van der Waals surface area (Å²) in [6.45, 7) is 7.35. The lowest BCUT2D eigenvalue weighted by atomic mass is 10.0. The van der Waals surface area contributed by atoms with E-state index in [1.807, 2.05) is 4.68 Å². The fraction of sp³-hybridized carbons (Fsp3) is 0.438. The zero-order valence-electron chi connectivity index (χ0n) is 12.5. The highest BCUT2D eigenvalue weighted by Crippen LogP contribution is 2.24. The Balaban J connectivity index is 2.27. The molecule has 0 atom stereocenters. The zero-order chi connectivity index (χ0) is 14.0. The molecule has 0 radical (unpaired) electrons. The minimum atomic E-state index is 0.403. The molecule has 0 N–H and O–H groups in total. The molecule has 0 aliphatic rings. The van der Waals surface area contributed by atoms with E-state index in [0.717, 1.165) is 12.2 Å². The van der Waals surface area contributed by atoms with Crippen LogP contribution in [0.5, 0.6) is 0 Å². The third-order valence-electron chi connectivity index (χ3n) is 3.21. The van der Waals surface area contributed by atoms with Gasteiger partial charge in [0.1, 0.15) is 0 Å². The second kappa shape index (κ2) is 5.57. The predicted octanol–water partition coefficient (Wildman–Crippen LogP) is 3.50. The van der Waals surface area contributed by atoms with Gasteiger partial charge in [-0.1, -0.05) is 24.3 Å². The third-order valence-corrected chi connectivity index (χ3v) is 3.21. The summed E-state index contributed by atoms with van der Waals surface area (Å²) in [5, 5.41) is 4.57. The van der Waals surface area contributed by atoms with E-state index in [-0.39, 0.29) is 0 Å². The first-order valence-corrected chi connectivity index (χ1v) is 6.77. The Morgan fingerprint density at radius 1 is 1.16 bits per heavy atom. The van der Waals surface area contributed by atoms with Gasteiger partial charge in [0, 0.05) is 24.3 Å². The summed E-state index contributed by atoms with van der Waals surface area (Å²) in [5.41, 5.74) is 4.90. The average Bonchev–Trinajstić information content (AvgIpc) is 2.72. The van der Waals surface area contributed by atoms with Crippen LogP contribution in [0.3, 0.4) is 0 Å². The minimum absolute atomic E-state index is 0.403. The van der Waals surface area contributed by atoms with Crippen LogP contribution in [-0.4, -0.2) is 28.8 Å². The van der Waals surface area contributed by atoms with E-state index in [1.165, 1.54) is 16.7 Å². The highest BCUT2D eigenvalue weighted by atomic mass is 15.3. The first-order chi connectivity index (χ1) is 8.97. The monoisotopic (exact) mass is 257 g/mol. The zero-order valence-corrected chi connectivity index (χ0v) is 12.5. The summed E-state index contributed by atoms with van der Waals surface area (Å²) in [6.07, 6.45) is 2.14. The van der Waals surface area contributed by atoms with Crippen molar-refractivity contribution in [2.45, 2.75) is 33.4 Å². The van der Waals surface area contributed by atoms with Crippen LogP contribution in [0.2, 0.25) is 0 Å². The largest absolute Gasteiger partial charge is 0.305 e. The number of benzene rings is 1. The Hall–Kier alpha value is -1.61. The third kappa shape index (κ3) is 3.24. The fourth-order valence-electron chi connectivity index (χ4n) is 2.18. The van der Waals surface area contributed by atoms with Gasteiger partial charge in [0.25, 0.3) is 0 Å². The second-order valence-electron chi connectivity index (χ2n) is 5.64. The SMILES string of the molecule is Cc1nn(C(C)C)cc1-c1ccc(CN(C)C)cc1. The molecule has 0 unspecified atom stereocenters. The highest BCUT2D eigenvalue weighted by molar-refractivity contribution is 5.65. The van der Waals surface area contributed by atoms with Crippen LogP contribution in [-0.2, 0) is 6.54 Å². The lowest BCUT2D eigenvalue weighted by Crippen LogP contribution is -2.10. The molecule has 1 aromatic heterocycles. The number of hydrogen-bond donors (Lipinski definition) is 0. The summed E-state index contributed by atoms with van der Waals surface area (Å²) in [4.78, 5) is 2.18. The van der Waals surface area contributed by atoms with Crippen molar-refractivity contribution in [1.29, 1.82) is 0 Å². The van der Waals surface area contributed by atoms with Crippen LogP contribution in [0.15, 0.2) is 30.5 Å². The van der Waals surface area contributed by atoms with Crippen molar-refractivity contribution in [1.82, 2.24) is 14.7 Å². The number of nitrogens with zero attached hydrogens (tertiary/aromatic N) is 3. The molecular formula is C16H23N3. The van der Waals surface area contributed by atoms with Crippen molar-refractivity contribution in [3.8, 4) is 11.1 Å². The van der Waals surface area contributed by atoms with Crippen LogP contribution in [0.4, 0.5) is 0 Å². The van der Waals surface area contributed by atoms with Crippen molar-refractivity contribution in [2.24, 2.45) is 0 Å². The van der Waals surface area contributed by atoms with Gasteiger partial charge in [-0.3, -0.25) is 4.68 Å². The van der Waals surface area contributed by atoms with Crippen molar-refractivity contribution in [2.75, 3.05) is 14.1 Å². The number of aromatic nitrogens is 2. The number of hydrogen-bond acceptors (Lipinski definition) is 2. The van der Waals surface area contributed by atoms with Crippen LogP contribution in [0, 0.1) is 6.92 Å². The molecule has 0 bridgehead atoms. The van der Waals surface area contributed by atoms with Crippen LogP contribution in [0.25, 0.3) is 11.1 Å². The Morgan fingerprint density at radius 3 is 2.26 bits per heavy atom. The average molecular weight is 257 g/mol. The van der Waals surface area contributed by atoms with Crippen molar-refractivity contribution >= 4 is 0 Å². The van der Waals surface area contributed by atoms with E-state index in [1.54, 1.807) is 0 Å². The maximum atomic E-state index is 4.57. The lowest BCUT2D eigenvalue weighted by molar-refractivity contribution is 0.402. The number of rotatable bonds is 4. The predicted molar refractivity (Wildman–Crippen MR) is 80.2 cm³/mol. The molecule has 0 saturated carbocycles. The molecule has 3 heteroatoms. The van der Waals surface area contributed by atoms with Gasteiger partial charge in [0.05, 0.1) is 5.69 Å². The standard InChI is InChI=1S/C16H23N3/c1-12(2)19-11-16(13(3)17-19)15-8-6-14(7-9-15)10-18(4)5/h6-9,11-12H,10H2,1-5H3. The maximum Gasteiger partial charge on any atom is 0.0672 e. The van der Waals surface area contributed by atoms with E-state index < -0.39 is 0 Å². The fourth-order valence-corrected chi connectivity index (χ4v) is 2.18. The first kappa shape index (κ1) is 13.8. The molecule has 0 aliphatic heterocycles. The second-order valence-corrected chi connectivity index (χ2v) is 5.64. The minimum Gasteiger partial charge on any atom is -0.305 e. The van der Waals surface area contributed by atoms with Gasteiger partial charge in [-0.2, -0.15) is 5.10 Å². The molecule has 3 nitrogen and oxygen atoms in total. The van der Waals surface area contributed by atoms with E-state index >= 15 is 0 Å². The van der Waals surface area contributed by atoms with Gasteiger partial charge in [0.2, 0.25) is 0 Å². The van der Waals surface area contributed by atoms with Gasteiger partial charge < -0.3 is 4.90 Å². The van der Waals surface area contributed by atoms with E-state index in [2.05, 4.69) is 75.3 Å². The maximum absolute atomic E-state index is 4.57. The summed E-state index contributed by atoms with van der Waals surface area (Å²) in [5.74, 6) is 0. The van der Waals surface area contributed by atoms with Gasteiger partial charge in [-0.15, -0.1) is 0 Å². The molecule has 1 heterocycles. The Bertz CT molecular complexity index is 536. The van der Waals surface area contributed by atoms with Crippen molar-refractivity contribution in [3.05, 3.63) is 41.7 Å². The van der Waals surface area contributed by atoms with Crippen LogP contribution < -0.4 is 0 Å². The summed E-state index contributed by atoms with van der Waals surface area (Å²) < 4.78 is 2.03. The Labute approximate surface area is 115 Å². The van der Waals surface area contributed by atoms with Crippen molar-refractivity contribution < 1.29 is 0 Å². The molecule has 19 heavy (non-hydrogen) atoms. The summed E-state index contributed by atoms with van der Waals surface area (Å²) >= 11 is 0. The Kier molecular flexibility index (Phi) is 4.05. The molecule has 0 fully saturated rings. The Morgan fingerprint density at radius 2 is 1.79 bits per heavy atom. The van der Waals surface area contributed by atoms with Crippen LogP contribution in [0.1, 0.15) is 31.1 Å². The molecule has 2 rings (SSSR count). The molecule has 0 amide bonds. The number of aryl methyl sites for hydroxylation is 1. The van der Waals surface area contributed by atoms with E-state index in [4.69, 9.17) is 0 Å². The highest BCUT2D eigenvalue weighted by Gasteiger charge is 2.09. The summed E-state index contributed by atoms with van der Waals surface area (Å²) in [6, 6.07) is 9.17. The molecule has 0 spiro atoms. The van der Waals surface area contributed by atoms with Gasteiger partial charge in [0.15, 0.2) is 0 Å². The van der Waals surface area contributed by atoms with Crippen molar-refractivity contribution in [3.63, 3.8) is 0 Å². The topological polar surface area (TPSA) is 21.1 Å². The molecular weight excluding hydrogens is 234 g/mol. The van der Waals surface area contributed by atoms with Crippen LogP contribution >= 0.6 is 0 Å². The summed E-state index contributed by atoms with van der Waals surface area (Å²) in [7, 11) is 4.18. The van der Waals surface area contributed by atoms with E-state index in [9.17, 15) is 0 Å². The molecule has 0 saturated heterocycles. The quantitative estimate of drug-likeness (QED) is 0.836. The molecule has 2 aromatic rings. The van der Waals surface area contributed by atoms with E-state index in [0.29, 0.717) is 6.04 Å².